The molecule has 0 aromatic heterocycles. The SMILES string of the molecule is CCCCCCCN(Cc1ccc(N(CC)CC)cc1)S(=O)(=O)c1ccc(OC(C)C)cc1. The molecule has 6 heteroatoms. The maximum atomic E-state index is 13.5. The van der Waals surface area contributed by atoms with Crippen LogP contribution in [-0.2, 0) is 16.6 Å². The Morgan fingerprint density at radius 1 is 0.818 bits per heavy atom. The molecule has 0 atom stereocenters. The zero-order valence-corrected chi connectivity index (χ0v) is 21.9. The van der Waals surface area contributed by atoms with Crippen LogP contribution in [0.4, 0.5) is 5.69 Å². The summed E-state index contributed by atoms with van der Waals surface area (Å²) in [6.07, 6.45) is 5.46. The van der Waals surface area contributed by atoms with E-state index in [1.54, 1.807) is 28.6 Å². The molecular formula is C27H42N2O3S. The molecule has 0 spiro atoms. The Hall–Kier alpha value is -2.05. The topological polar surface area (TPSA) is 49.9 Å². The van der Waals surface area contributed by atoms with Crippen molar-refractivity contribution in [2.45, 2.75) is 84.3 Å². The van der Waals surface area contributed by atoms with Crippen LogP contribution in [0.1, 0.15) is 72.3 Å². The molecule has 0 aliphatic rings. The largest absolute Gasteiger partial charge is 0.491 e. The van der Waals surface area contributed by atoms with Crippen molar-refractivity contribution in [2.75, 3.05) is 24.5 Å². The molecule has 184 valence electrons. The van der Waals surface area contributed by atoms with Gasteiger partial charge in [0.2, 0.25) is 10.0 Å². The zero-order chi connectivity index (χ0) is 24.3. The lowest BCUT2D eigenvalue weighted by molar-refractivity contribution is 0.242. The van der Waals surface area contributed by atoms with Crippen LogP contribution in [0, 0.1) is 0 Å². The lowest BCUT2D eigenvalue weighted by Gasteiger charge is -2.24. The van der Waals surface area contributed by atoms with Gasteiger partial charge in [-0.05, 0) is 76.1 Å². The normalized spacial score (nSPS) is 11.8. The van der Waals surface area contributed by atoms with Crippen LogP contribution in [0.3, 0.4) is 0 Å². The van der Waals surface area contributed by atoms with Crippen LogP contribution in [0.5, 0.6) is 5.75 Å². The predicted molar refractivity (Wildman–Crippen MR) is 139 cm³/mol. The summed E-state index contributed by atoms with van der Waals surface area (Å²) in [5, 5.41) is 0. The van der Waals surface area contributed by atoms with Gasteiger partial charge in [-0.3, -0.25) is 0 Å². The molecule has 0 N–H and O–H groups in total. The third-order valence-corrected chi connectivity index (χ3v) is 7.63. The molecule has 2 rings (SSSR count). The molecule has 33 heavy (non-hydrogen) atoms. The molecule has 0 aliphatic carbocycles. The van der Waals surface area contributed by atoms with Crippen molar-refractivity contribution in [3.63, 3.8) is 0 Å². The summed E-state index contributed by atoms with van der Waals surface area (Å²) in [7, 11) is -3.61. The lowest BCUT2D eigenvalue weighted by atomic mass is 10.1. The van der Waals surface area contributed by atoms with Crippen LogP contribution in [0.2, 0.25) is 0 Å². The van der Waals surface area contributed by atoms with Gasteiger partial charge in [-0.25, -0.2) is 8.42 Å². The van der Waals surface area contributed by atoms with Gasteiger partial charge in [-0.15, -0.1) is 0 Å². The maximum Gasteiger partial charge on any atom is 0.243 e. The summed E-state index contributed by atoms with van der Waals surface area (Å²) in [4.78, 5) is 2.60. The van der Waals surface area contributed by atoms with Crippen LogP contribution in [-0.4, -0.2) is 38.5 Å². The minimum absolute atomic E-state index is 0.0476. The molecule has 0 amide bonds. The van der Waals surface area contributed by atoms with E-state index in [-0.39, 0.29) is 6.10 Å². The lowest BCUT2D eigenvalue weighted by Crippen LogP contribution is -2.31. The first-order valence-corrected chi connectivity index (χ1v) is 13.9. The standard InChI is InChI=1S/C27H42N2O3S/c1-6-9-10-11-12-21-29(22-24-13-15-25(16-14-24)28(7-2)8-3)33(30,31)27-19-17-26(18-20-27)32-23(4)5/h13-20,23H,6-12,21-22H2,1-5H3. The number of benzene rings is 2. The van der Waals surface area contributed by atoms with E-state index in [9.17, 15) is 8.42 Å². The second kappa shape index (κ2) is 13.6. The quantitative estimate of drug-likeness (QED) is 0.277. The number of hydrogen-bond donors (Lipinski definition) is 0. The Kier molecular flexibility index (Phi) is 11.2. The average Bonchev–Trinajstić information content (AvgIpc) is 2.80. The Morgan fingerprint density at radius 2 is 1.42 bits per heavy atom. The fourth-order valence-corrected chi connectivity index (χ4v) is 5.36. The van der Waals surface area contributed by atoms with Crippen molar-refractivity contribution >= 4 is 15.7 Å². The molecule has 0 fully saturated rings. The Balaban J connectivity index is 2.21. The van der Waals surface area contributed by atoms with E-state index in [4.69, 9.17) is 4.74 Å². The summed E-state index contributed by atoms with van der Waals surface area (Å²) in [5.41, 5.74) is 2.17. The monoisotopic (exact) mass is 474 g/mol. The number of sulfonamides is 1. The highest BCUT2D eigenvalue weighted by molar-refractivity contribution is 7.89. The first-order valence-electron chi connectivity index (χ1n) is 12.4. The number of anilines is 1. The average molecular weight is 475 g/mol. The number of rotatable bonds is 15. The fraction of sp³-hybridized carbons (Fsp3) is 0.556. The third-order valence-electron chi connectivity index (χ3n) is 5.77. The number of unbranched alkanes of at least 4 members (excludes halogenated alkanes) is 4. The van der Waals surface area contributed by atoms with E-state index in [1.165, 1.54) is 18.5 Å². The minimum Gasteiger partial charge on any atom is -0.491 e. The second-order valence-corrected chi connectivity index (χ2v) is 10.7. The van der Waals surface area contributed by atoms with Gasteiger partial charge in [0.1, 0.15) is 5.75 Å². The zero-order valence-electron chi connectivity index (χ0n) is 21.1. The number of hydrogen-bond acceptors (Lipinski definition) is 4. The third kappa shape index (κ3) is 8.35. The van der Waals surface area contributed by atoms with Gasteiger partial charge >= 0.3 is 0 Å². The van der Waals surface area contributed by atoms with E-state index >= 15 is 0 Å². The molecule has 0 aliphatic heterocycles. The smallest absolute Gasteiger partial charge is 0.243 e. The van der Waals surface area contributed by atoms with Crippen LogP contribution < -0.4 is 9.64 Å². The van der Waals surface area contributed by atoms with Crippen molar-refractivity contribution in [3.8, 4) is 5.75 Å². The molecule has 0 unspecified atom stereocenters. The van der Waals surface area contributed by atoms with Gasteiger partial charge in [-0.2, -0.15) is 4.31 Å². The highest BCUT2D eigenvalue weighted by Crippen LogP contribution is 2.24. The summed E-state index contributed by atoms with van der Waals surface area (Å²) in [6.45, 7) is 13.2. The summed E-state index contributed by atoms with van der Waals surface area (Å²) < 4.78 is 34.4. The Labute approximate surface area is 201 Å². The highest BCUT2D eigenvalue weighted by Gasteiger charge is 2.24. The van der Waals surface area contributed by atoms with Gasteiger partial charge in [0.15, 0.2) is 0 Å². The Bertz CT molecular complexity index is 905. The first kappa shape index (κ1) is 27.2. The highest BCUT2D eigenvalue weighted by atomic mass is 32.2. The molecule has 5 nitrogen and oxygen atoms in total. The molecule has 0 heterocycles. The van der Waals surface area contributed by atoms with E-state index in [0.29, 0.717) is 23.7 Å². The summed E-state index contributed by atoms with van der Waals surface area (Å²) >= 11 is 0. The number of ether oxygens (including phenoxy) is 1. The molecule has 2 aromatic rings. The van der Waals surface area contributed by atoms with E-state index in [1.807, 2.05) is 26.0 Å². The first-order chi connectivity index (χ1) is 15.8. The van der Waals surface area contributed by atoms with Crippen LogP contribution >= 0.6 is 0 Å². The number of nitrogens with zero attached hydrogens (tertiary/aromatic N) is 2. The Morgan fingerprint density at radius 3 is 1.97 bits per heavy atom. The molecule has 0 saturated heterocycles. The second-order valence-electron chi connectivity index (χ2n) is 8.73. The minimum atomic E-state index is -3.61. The van der Waals surface area contributed by atoms with Gasteiger partial charge in [0.05, 0.1) is 11.0 Å². The summed E-state index contributed by atoms with van der Waals surface area (Å²) in [5.74, 6) is 0.682. The van der Waals surface area contributed by atoms with Crippen molar-refractivity contribution in [2.24, 2.45) is 0 Å². The van der Waals surface area contributed by atoms with Crippen LogP contribution in [0.25, 0.3) is 0 Å². The van der Waals surface area contributed by atoms with E-state index in [0.717, 1.165) is 37.9 Å². The predicted octanol–water partition coefficient (Wildman–Crippen LogP) is 6.48. The van der Waals surface area contributed by atoms with Crippen molar-refractivity contribution < 1.29 is 13.2 Å². The van der Waals surface area contributed by atoms with Gasteiger partial charge in [-0.1, -0.05) is 44.7 Å². The van der Waals surface area contributed by atoms with Gasteiger partial charge in [0.25, 0.3) is 0 Å². The van der Waals surface area contributed by atoms with Gasteiger partial charge in [0, 0.05) is 31.9 Å². The molecule has 0 saturated carbocycles. The van der Waals surface area contributed by atoms with Crippen molar-refractivity contribution in [1.82, 2.24) is 4.31 Å². The summed E-state index contributed by atoms with van der Waals surface area (Å²) in [6, 6.07) is 15.1. The fourth-order valence-electron chi connectivity index (χ4n) is 3.89. The molecule has 0 bridgehead atoms. The van der Waals surface area contributed by atoms with Crippen molar-refractivity contribution in [3.05, 3.63) is 54.1 Å². The van der Waals surface area contributed by atoms with Crippen molar-refractivity contribution in [1.29, 1.82) is 0 Å². The molecular weight excluding hydrogens is 432 g/mol. The van der Waals surface area contributed by atoms with E-state index in [2.05, 4.69) is 37.8 Å². The van der Waals surface area contributed by atoms with Gasteiger partial charge < -0.3 is 9.64 Å². The molecule has 2 aromatic carbocycles. The van der Waals surface area contributed by atoms with E-state index < -0.39 is 10.0 Å². The van der Waals surface area contributed by atoms with Crippen LogP contribution in [0.15, 0.2) is 53.4 Å². The molecule has 0 radical (unpaired) electrons. The maximum absolute atomic E-state index is 13.5.